The summed E-state index contributed by atoms with van der Waals surface area (Å²) in [7, 11) is 2.67. The van der Waals surface area contributed by atoms with Gasteiger partial charge in [-0.25, -0.2) is 4.79 Å². The molecule has 1 aliphatic rings. The van der Waals surface area contributed by atoms with E-state index in [0.717, 1.165) is 22.0 Å². The number of amides is 4. The van der Waals surface area contributed by atoms with Crippen molar-refractivity contribution in [2.45, 2.75) is 39.5 Å². The summed E-state index contributed by atoms with van der Waals surface area (Å²) in [4.78, 5) is 38.7. The SMILES string of the molecule is CCCCCCOc1ccc(OCCOc2ccc(C=C3C(=O)N(C)C(=O)N(C)C3=O)cc2OCC)cc1. The van der Waals surface area contributed by atoms with Crippen molar-refractivity contribution in [3.63, 3.8) is 0 Å². The van der Waals surface area contributed by atoms with Crippen LogP contribution in [0.5, 0.6) is 23.0 Å². The third-order valence-corrected chi connectivity index (χ3v) is 5.92. The maximum absolute atomic E-state index is 12.5. The molecule has 9 heteroatoms. The van der Waals surface area contributed by atoms with E-state index < -0.39 is 17.8 Å². The van der Waals surface area contributed by atoms with Crippen molar-refractivity contribution in [3.05, 3.63) is 53.6 Å². The van der Waals surface area contributed by atoms with Gasteiger partial charge in [-0.15, -0.1) is 0 Å². The van der Waals surface area contributed by atoms with Gasteiger partial charge in [0.1, 0.15) is 30.3 Å². The fourth-order valence-electron chi connectivity index (χ4n) is 3.81. The van der Waals surface area contributed by atoms with E-state index in [2.05, 4.69) is 6.92 Å². The number of hydrogen-bond donors (Lipinski definition) is 0. The Morgan fingerprint density at radius 1 is 0.684 bits per heavy atom. The topological polar surface area (TPSA) is 94.6 Å². The molecule has 0 unspecified atom stereocenters. The molecule has 0 aliphatic carbocycles. The number of likely N-dealkylation sites (N-methyl/N-ethyl adjacent to an activating group) is 2. The smallest absolute Gasteiger partial charge is 0.333 e. The monoisotopic (exact) mass is 524 g/mol. The molecule has 0 N–H and O–H groups in total. The van der Waals surface area contributed by atoms with Gasteiger partial charge in [-0.2, -0.15) is 0 Å². The molecular weight excluding hydrogens is 488 g/mol. The van der Waals surface area contributed by atoms with Gasteiger partial charge in [-0.05, 0) is 61.4 Å². The second kappa shape index (κ2) is 14.1. The van der Waals surface area contributed by atoms with Crippen LogP contribution in [0.4, 0.5) is 4.79 Å². The van der Waals surface area contributed by atoms with E-state index in [0.29, 0.717) is 42.6 Å². The molecule has 0 bridgehead atoms. The molecule has 4 amide bonds. The molecule has 0 radical (unpaired) electrons. The Hall–Kier alpha value is -4.01. The maximum Gasteiger partial charge on any atom is 0.333 e. The molecule has 1 aliphatic heterocycles. The van der Waals surface area contributed by atoms with Gasteiger partial charge >= 0.3 is 6.03 Å². The third-order valence-electron chi connectivity index (χ3n) is 5.92. The predicted octanol–water partition coefficient (Wildman–Crippen LogP) is 4.94. The number of carbonyl (C=O) groups is 3. The van der Waals surface area contributed by atoms with Crippen molar-refractivity contribution >= 4 is 23.9 Å². The van der Waals surface area contributed by atoms with Crippen molar-refractivity contribution < 1.29 is 33.3 Å². The van der Waals surface area contributed by atoms with Crippen LogP contribution in [-0.4, -0.2) is 68.2 Å². The van der Waals surface area contributed by atoms with Crippen LogP contribution in [0.25, 0.3) is 6.08 Å². The minimum atomic E-state index is -0.666. The Labute approximate surface area is 223 Å². The summed E-state index contributed by atoms with van der Waals surface area (Å²) in [6.07, 6.45) is 6.11. The highest BCUT2D eigenvalue weighted by molar-refractivity contribution is 6.30. The van der Waals surface area contributed by atoms with Crippen LogP contribution in [0.1, 0.15) is 45.1 Å². The third kappa shape index (κ3) is 7.50. The second-order valence-corrected chi connectivity index (χ2v) is 8.79. The number of benzene rings is 2. The fourth-order valence-corrected chi connectivity index (χ4v) is 3.81. The van der Waals surface area contributed by atoms with E-state index >= 15 is 0 Å². The second-order valence-electron chi connectivity index (χ2n) is 8.79. The van der Waals surface area contributed by atoms with Gasteiger partial charge in [0.2, 0.25) is 0 Å². The molecule has 0 aromatic heterocycles. The summed E-state index contributed by atoms with van der Waals surface area (Å²) in [5, 5.41) is 0. The Morgan fingerprint density at radius 2 is 1.29 bits per heavy atom. The van der Waals surface area contributed by atoms with E-state index in [9.17, 15) is 14.4 Å². The van der Waals surface area contributed by atoms with Crippen LogP contribution < -0.4 is 18.9 Å². The first-order valence-corrected chi connectivity index (χ1v) is 12.9. The van der Waals surface area contributed by atoms with E-state index in [1.807, 2.05) is 31.2 Å². The Kier molecular flexibility index (Phi) is 10.6. The number of imide groups is 2. The van der Waals surface area contributed by atoms with E-state index in [1.165, 1.54) is 39.4 Å². The highest BCUT2D eigenvalue weighted by Crippen LogP contribution is 2.30. The van der Waals surface area contributed by atoms with Gasteiger partial charge in [0.05, 0.1) is 13.2 Å². The zero-order valence-electron chi connectivity index (χ0n) is 22.5. The first-order valence-electron chi connectivity index (χ1n) is 12.9. The molecule has 1 fully saturated rings. The number of barbiturate groups is 1. The highest BCUT2D eigenvalue weighted by atomic mass is 16.5. The van der Waals surface area contributed by atoms with Crippen LogP contribution in [0.15, 0.2) is 48.0 Å². The summed E-state index contributed by atoms with van der Waals surface area (Å²) >= 11 is 0. The average molecular weight is 525 g/mol. The lowest BCUT2D eigenvalue weighted by atomic mass is 10.1. The molecule has 3 rings (SSSR count). The van der Waals surface area contributed by atoms with Crippen LogP contribution in [0.3, 0.4) is 0 Å². The fraction of sp³-hybridized carbons (Fsp3) is 0.414. The zero-order chi connectivity index (χ0) is 27.5. The van der Waals surface area contributed by atoms with Crippen LogP contribution in [-0.2, 0) is 9.59 Å². The summed E-state index contributed by atoms with van der Waals surface area (Å²) in [5.74, 6) is 1.21. The van der Waals surface area contributed by atoms with Crippen LogP contribution in [0, 0.1) is 0 Å². The predicted molar refractivity (Wildman–Crippen MR) is 144 cm³/mol. The van der Waals surface area contributed by atoms with Gasteiger partial charge in [-0.3, -0.25) is 19.4 Å². The molecular formula is C29H36N2O7. The molecule has 204 valence electrons. The number of hydrogen-bond acceptors (Lipinski definition) is 7. The molecule has 0 saturated carbocycles. The summed E-state index contributed by atoms with van der Waals surface area (Å²) in [5.41, 5.74) is 0.463. The lowest BCUT2D eigenvalue weighted by Gasteiger charge is -2.28. The number of nitrogens with zero attached hydrogens (tertiary/aromatic N) is 2. The van der Waals surface area contributed by atoms with Gasteiger partial charge < -0.3 is 18.9 Å². The summed E-state index contributed by atoms with van der Waals surface area (Å²) < 4.78 is 23.1. The van der Waals surface area contributed by atoms with Gasteiger partial charge in [0.15, 0.2) is 11.5 Å². The first kappa shape index (κ1) is 28.6. The maximum atomic E-state index is 12.5. The van der Waals surface area contributed by atoms with Gasteiger partial charge in [0, 0.05) is 14.1 Å². The number of carbonyl (C=O) groups excluding carboxylic acids is 3. The number of ether oxygens (including phenoxy) is 4. The first-order chi connectivity index (χ1) is 18.3. The van der Waals surface area contributed by atoms with Crippen LogP contribution in [0.2, 0.25) is 0 Å². The van der Waals surface area contributed by atoms with Crippen molar-refractivity contribution in [1.29, 1.82) is 0 Å². The molecule has 2 aromatic carbocycles. The Morgan fingerprint density at radius 3 is 1.89 bits per heavy atom. The standard InChI is InChI=1S/C29H36N2O7/c1-5-7-8-9-16-36-22-11-13-23(14-12-22)37-17-18-38-25-15-10-21(20-26(25)35-6-2)19-24-27(32)30(3)29(34)31(4)28(24)33/h10-15,19-20H,5-9,16-18H2,1-4H3. The summed E-state index contributed by atoms with van der Waals surface area (Å²) in [6.45, 7) is 5.76. The average Bonchev–Trinajstić information content (AvgIpc) is 2.93. The minimum Gasteiger partial charge on any atom is -0.494 e. The zero-order valence-corrected chi connectivity index (χ0v) is 22.5. The van der Waals surface area contributed by atoms with Gasteiger partial charge in [0.25, 0.3) is 11.8 Å². The van der Waals surface area contributed by atoms with E-state index in [1.54, 1.807) is 18.2 Å². The minimum absolute atomic E-state index is 0.105. The van der Waals surface area contributed by atoms with Gasteiger partial charge in [-0.1, -0.05) is 32.3 Å². The summed E-state index contributed by atoms with van der Waals surface area (Å²) in [6, 6.07) is 12.0. The molecule has 9 nitrogen and oxygen atoms in total. The molecule has 0 spiro atoms. The molecule has 38 heavy (non-hydrogen) atoms. The van der Waals surface area contributed by atoms with Crippen molar-refractivity contribution in [2.24, 2.45) is 0 Å². The molecule has 1 heterocycles. The van der Waals surface area contributed by atoms with Crippen molar-refractivity contribution in [3.8, 4) is 23.0 Å². The quantitative estimate of drug-likeness (QED) is 0.196. The van der Waals surface area contributed by atoms with Crippen molar-refractivity contribution in [2.75, 3.05) is 40.5 Å². The largest absolute Gasteiger partial charge is 0.494 e. The molecule has 1 saturated heterocycles. The van der Waals surface area contributed by atoms with E-state index in [-0.39, 0.29) is 12.2 Å². The lowest BCUT2D eigenvalue weighted by Crippen LogP contribution is -2.52. The van der Waals surface area contributed by atoms with Crippen LogP contribution >= 0.6 is 0 Å². The number of rotatable bonds is 14. The molecule has 0 atom stereocenters. The lowest BCUT2D eigenvalue weighted by molar-refractivity contribution is -0.134. The van der Waals surface area contributed by atoms with Crippen molar-refractivity contribution in [1.82, 2.24) is 9.80 Å². The highest BCUT2D eigenvalue weighted by Gasteiger charge is 2.37. The van der Waals surface area contributed by atoms with E-state index in [4.69, 9.17) is 18.9 Å². The number of unbranched alkanes of at least 4 members (excludes halogenated alkanes) is 3. The molecule has 2 aromatic rings. The Balaban J connectivity index is 1.55. The Bertz CT molecular complexity index is 1120. The number of urea groups is 1. The normalized spacial score (nSPS) is 13.6.